The molecule has 0 spiro atoms. The van der Waals surface area contributed by atoms with E-state index in [2.05, 4.69) is 20.5 Å². The first kappa shape index (κ1) is 18.1. The summed E-state index contributed by atoms with van der Waals surface area (Å²) < 4.78 is 22.5. The predicted molar refractivity (Wildman–Crippen MR) is 105 cm³/mol. The van der Waals surface area contributed by atoms with Gasteiger partial charge in [0, 0.05) is 42.6 Å². The molecule has 5 rings (SSSR count). The normalized spacial score (nSPS) is 28.4. The summed E-state index contributed by atoms with van der Waals surface area (Å²) in [5, 5.41) is 22.0. The van der Waals surface area contributed by atoms with Crippen LogP contribution in [-0.2, 0) is 0 Å². The van der Waals surface area contributed by atoms with Gasteiger partial charge in [-0.1, -0.05) is 0 Å². The van der Waals surface area contributed by atoms with E-state index < -0.39 is 17.8 Å². The molecule has 4 atom stereocenters. The number of imidazole rings is 1. The van der Waals surface area contributed by atoms with Crippen molar-refractivity contribution in [2.24, 2.45) is 0 Å². The molecule has 2 fully saturated rings. The smallest absolute Gasteiger partial charge is 0.233 e. The maximum atomic E-state index is 14.9. The highest BCUT2D eigenvalue weighted by Crippen LogP contribution is 2.39. The summed E-state index contributed by atoms with van der Waals surface area (Å²) in [4.78, 5) is 4.00. The van der Waals surface area contributed by atoms with Crippen molar-refractivity contribution < 1.29 is 14.2 Å². The Bertz CT molecular complexity index is 1010. The standard InChI is InChI=1S/C21H22FN5O2/c1-21-7-6-13(24-21)10-18(20(21)22)29-19-5-4-16(25-26-19)15-3-2-14(11-17(15)28)27-9-8-23-12-27/h2-5,8-9,11-13,18,20,24,28H,6-7,10H2,1H3/t13?,18-,20+,21+/m1/s1. The van der Waals surface area contributed by atoms with Crippen molar-refractivity contribution in [3.63, 3.8) is 0 Å². The largest absolute Gasteiger partial charge is 0.507 e. The van der Waals surface area contributed by atoms with Gasteiger partial charge in [0.15, 0.2) is 6.17 Å². The molecule has 2 aliphatic heterocycles. The first-order chi connectivity index (χ1) is 14.0. The number of rotatable bonds is 4. The lowest BCUT2D eigenvalue weighted by molar-refractivity contribution is 0.00813. The van der Waals surface area contributed by atoms with Crippen molar-refractivity contribution in [2.45, 2.75) is 50.0 Å². The highest BCUT2D eigenvalue weighted by atomic mass is 19.1. The maximum absolute atomic E-state index is 14.9. The molecule has 2 aromatic heterocycles. The number of alkyl halides is 1. The van der Waals surface area contributed by atoms with Crippen molar-refractivity contribution in [1.29, 1.82) is 0 Å². The number of fused-ring (bicyclic) bond motifs is 2. The highest BCUT2D eigenvalue weighted by molar-refractivity contribution is 5.68. The quantitative estimate of drug-likeness (QED) is 0.706. The Hall–Kier alpha value is -3.00. The number of halogens is 1. The molecule has 2 aliphatic rings. The Morgan fingerprint density at radius 1 is 1.28 bits per heavy atom. The number of nitrogens with zero attached hydrogens (tertiary/aromatic N) is 4. The zero-order valence-electron chi connectivity index (χ0n) is 16.0. The molecular weight excluding hydrogens is 373 g/mol. The van der Waals surface area contributed by atoms with E-state index in [0.29, 0.717) is 23.6 Å². The SMILES string of the molecule is C[C@]12CCC(C[C@@H](Oc3ccc(-c4ccc(-n5ccnc5)cc4O)nn3)[C@@H]1F)N2. The molecule has 150 valence electrons. The lowest BCUT2D eigenvalue weighted by Gasteiger charge is -2.39. The maximum Gasteiger partial charge on any atom is 0.233 e. The minimum atomic E-state index is -1.09. The summed E-state index contributed by atoms with van der Waals surface area (Å²) in [7, 11) is 0. The summed E-state index contributed by atoms with van der Waals surface area (Å²) in [5.74, 6) is 0.381. The molecule has 2 saturated heterocycles. The van der Waals surface area contributed by atoms with Crippen LogP contribution in [0.1, 0.15) is 26.2 Å². The van der Waals surface area contributed by atoms with Gasteiger partial charge >= 0.3 is 0 Å². The van der Waals surface area contributed by atoms with Gasteiger partial charge in [-0.2, -0.15) is 0 Å². The number of phenols is 1. The fraction of sp³-hybridized carbons (Fsp3) is 0.381. The molecule has 7 nitrogen and oxygen atoms in total. The molecule has 29 heavy (non-hydrogen) atoms. The molecule has 0 radical (unpaired) electrons. The van der Waals surface area contributed by atoms with E-state index >= 15 is 0 Å². The summed E-state index contributed by atoms with van der Waals surface area (Å²) in [6.45, 7) is 1.91. The monoisotopic (exact) mass is 395 g/mol. The first-order valence-corrected chi connectivity index (χ1v) is 9.76. The zero-order valence-corrected chi connectivity index (χ0v) is 16.0. The molecule has 8 heteroatoms. The number of hydrogen-bond donors (Lipinski definition) is 2. The number of hydrogen-bond acceptors (Lipinski definition) is 6. The van der Waals surface area contributed by atoms with E-state index in [9.17, 15) is 9.50 Å². The van der Waals surface area contributed by atoms with E-state index in [1.165, 1.54) is 0 Å². The van der Waals surface area contributed by atoms with E-state index in [0.717, 1.165) is 18.5 Å². The van der Waals surface area contributed by atoms with Gasteiger partial charge in [0.25, 0.3) is 0 Å². The van der Waals surface area contributed by atoms with Crippen LogP contribution in [0.4, 0.5) is 4.39 Å². The third-order valence-corrected chi connectivity index (χ3v) is 5.97. The van der Waals surface area contributed by atoms with Crippen LogP contribution in [0.5, 0.6) is 11.6 Å². The van der Waals surface area contributed by atoms with Crippen molar-refractivity contribution in [3.05, 3.63) is 49.1 Å². The summed E-state index contributed by atoms with van der Waals surface area (Å²) in [6.07, 6.45) is 5.91. The van der Waals surface area contributed by atoms with Crippen molar-refractivity contribution >= 4 is 0 Å². The number of phenolic OH excluding ortho intramolecular Hbond substituents is 1. The zero-order chi connectivity index (χ0) is 20.0. The summed E-state index contributed by atoms with van der Waals surface area (Å²) >= 11 is 0. The molecule has 2 N–H and O–H groups in total. The van der Waals surface area contributed by atoms with Gasteiger partial charge in [0.2, 0.25) is 5.88 Å². The van der Waals surface area contributed by atoms with Crippen LogP contribution < -0.4 is 10.1 Å². The van der Waals surface area contributed by atoms with Crippen molar-refractivity contribution in [2.75, 3.05) is 0 Å². The van der Waals surface area contributed by atoms with Gasteiger partial charge < -0.3 is 19.7 Å². The Kier molecular flexibility index (Phi) is 4.24. The van der Waals surface area contributed by atoms with Gasteiger partial charge in [-0.3, -0.25) is 0 Å². The second-order valence-corrected chi connectivity index (χ2v) is 8.02. The Labute approximate surface area is 167 Å². The molecule has 0 amide bonds. The lowest BCUT2D eigenvalue weighted by atomic mass is 9.88. The third kappa shape index (κ3) is 3.23. The van der Waals surface area contributed by atoms with E-state index in [-0.39, 0.29) is 11.8 Å². The molecule has 4 heterocycles. The van der Waals surface area contributed by atoms with Crippen LogP contribution in [0.25, 0.3) is 16.9 Å². The number of aromatic nitrogens is 4. The van der Waals surface area contributed by atoms with Crippen LogP contribution in [0, 0.1) is 0 Å². The van der Waals surface area contributed by atoms with Crippen LogP contribution in [0.2, 0.25) is 0 Å². The summed E-state index contributed by atoms with van der Waals surface area (Å²) in [5.41, 5.74) is 1.34. The number of aromatic hydroxyl groups is 1. The summed E-state index contributed by atoms with van der Waals surface area (Å²) in [6, 6.07) is 8.96. The second-order valence-electron chi connectivity index (χ2n) is 8.02. The van der Waals surface area contributed by atoms with Gasteiger partial charge in [0.05, 0.1) is 23.2 Å². The minimum Gasteiger partial charge on any atom is -0.507 e. The fourth-order valence-corrected chi connectivity index (χ4v) is 4.39. The first-order valence-electron chi connectivity index (χ1n) is 9.76. The van der Waals surface area contributed by atoms with Crippen molar-refractivity contribution in [3.8, 4) is 28.6 Å². The Morgan fingerprint density at radius 3 is 2.90 bits per heavy atom. The molecule has 0 aliphatic carbocycles. The van der Waals surface area contributed by atoms with Crippen LogP contribution in [-0.4, -0.2) is 48.7 Å². The van der Waals surface area contributed by atoms with E-state index in [1.807, 2.05) is 13.0 Å². The number of benzene rings is 1. The second kappa shape index (κ2) is 6.81. The highest BCUT2D eigenvalue weighted by Gasteiger charge is 2.51. The number of piperidine rings is 1. The topological polar surface area (TPSA) is 85.1 Å². The third-order valence-electron chi connectivity index (χ3n) is 5.97. The van der Waals surface area contributed by atoms with Crippen LogP contribution >= 0.6 is 0 Å². The van der Waals surface area contributed by atoms with Crippen LogP contribution in [0.3, 0.4) is 0 Å². The Balaban J connectivity index is 1.33. The fourth-order valence-electron chi connectivity index (χ4n) is 4.39. The van der Waals surface area contributed by atoms with Crippen molar-refractivity contribution in [1.82, 2.24) is 25.1 Å². The van der Waals surface area contributed by atoms with Crippen LogP contribution in [0.15, 0.2) is 49.1 Å². The Morgan fingerprint density at radius 2 is 2.17 bits per heavy atom. The average molecular weight is 395 g/mol. The molecule has 3 aromatic rings. The molecule has 1 unspecified atom stereocenters. The van der Waals surface area contributed by atoms with E-state index in [1.54, 1.807) is 47.6 Å². The molecule has 0 saturated carbocycles. The average Bonchev–Trinajstić information content (AvgIpc) is 3.36. The van der Waals surface area contributed by atoms with Gasteiger partial charge in [0.1, 0.15) is 11.9 Å². The molecular formula is C21H22FN5O2. The number of nitrogens with one attached hydrogen (secondary N) is 1. The van der Waals surface area contributed by atoms with E-state index in [4.69, 9.17) is 4.74 Å². The van der Waals surface area contributed by atoms with Gasteiger partial charge in [-0.05, 0) is 38.0 Å². The molecule has 2 bridgehead atoms. The minimum absolute atomic E-state index is 0.0887. The number of ether oxygens (including phenoxy) is 1. The van der Waals surface area contributed by atoms with Gasteiger partial charge in [-0.25, -0.2) is 9.37 Å². The lowest BCUT2D eigenvalue weighted by Crippen LogP contribution is -2.59. The molecule has 1 aromatic carbocycles. The predicted octanol–water partition coefficient (Wildman–Crippen LogP) is 3.03. The van der Waals surface area contributed by atoms with Gasteiger partial charge in [-0.15, -0.1) is 10.2 Å².